The Kier molecular flexibility index (Phi) is 4.08. The Hall–Kier alpha value is -2.29. The van der Waals surface area contributed by atoms with Gasteiger partial charge in [0.05, 0.1) is 0 Å². The van der Waals surface area contributed by atoms with Crippen molar-refractivity contribution in [3.63, 3.8) is 0 Å². The molecule has 0 aliphatic rings. The first-order valence-electron chi connectivity index (χ1n) is 6.25. The summed E-state index contributed by atoms with van der Waals surface area (Å²) >= 11 is 0. The third-order valence-corrected chi connectivity index (χ3v) is 2.95. The second-order valence-electron chi connectivity index (χ2n) is 4.40. The second-order valence-corrected chi connectivity index (χ2v) is 4.40. The average Bonchev–Trinajstić information content (AvgIpc) is 2.47. The first-order chi connectivity index (χ1) is 9.56. The molecule has 0 aromatic carbocycles. The number of aromatic nitrogens is 5. The highest BCUT2D eigenvalue weighted by Gasteiger charge is 2.12. The van der Waals surface area contributed by atoms with E-state index < -0.39 is 11.2 Å². The van der Waals surface area contributed by atoms with Gasteiger partial charge < -0.3 is 10.6 Å². The first-order valence-corrected chi connectivity index (χ1v) is 6.25. The third kappa shape index (κ3) is 2.52. The van der Waals surface area contributed by atoms with Crippen LogP contribution in [0.15, 0.2) is 9.59 Å². The SMILES string of the molecule is CNCCCNc1nnc2c(n1)c(=O)n(C)c(=O)n2C. The van der Waals surface area contributed by atoms with E-state index in [2.05, 4.69) is 25.8 Å². The molecule has 9 heteroatoms. The predicted molar refractivity (Wildman–Crippen MR) is 74.8 cm³/mol. The molecular weight excluding hydrogens is 262 g/mol. The van der Waals surface area contributed by atoms with E-state index in [0.29, 0.717) is 6.54 Å². The van der Waals surface area contributed by atoms with E-state index in [9.17, 15) is 9.59 Å². The molecule has 0 radical (unpaired) electrons. The molecule has 0 saturated heterocycles. The molecule has 0 atom stereocenters. The molecule has 2 rings (SSSR count). The molecule has 0 amide bonds. The van der Waals surface area contributed by atoms with Crippen molar-refractivity contribution in [1.29, 1.82) is 0 Å². The Morgan fingerprint density at radius 1 is 1.10 bits per heavy atom. The van der Waals surface area contributed by atoms with Gasteiger partial charge in [-0.15, -0.1) is 10.2 Å². The van der Waals surface area contributed by atoms with Crippen LogP contribution in [0, 0.1) is 0 Å². The molecule has 0 aliphatic carbocycles. The fourth-order valence-corrected chi connectivity index (χ4v) is 1.79. The minimum atomic E-state index is -0.476. The molecule has 0 fully saturated rings. The van der Waals surface area contributed by atoms with Gasteiger partial charge >= 0.3 is 5.69 Å². The maximum Gasteiger partial charge on any atom is 0.332 e. The predicted octanol–water partition coefficient (Wildman–Crippen LogP) is -1.56. The van der Waals surface area contributed by atoms with Crippen molar-refractivity contribution in [2.75, 3.05) is 25.5 Å². The molecule has 108 valence electrons. The van der Waals surface area contributed by atoms with Crippen molar-refractivity contribution < 1.29 is 0 Å². The van der Waals surface area contributed by atoms with Crippen molar-refractivity contribution in [3.8, 4) is 0 Å². The zero-order chi connectivity index (χ0) is 14.7. The molecule has 2 heterocycles. The van der Waals surface area contributed by atoms with E-state index >= 15 is 0 Å². The van der Waals surface area contributed by atoms with E-state index in [-0.39, 0.29) is 17.1 Å². The number of rotatable bonds is 5. The van der Waals surface area contributed by atoms with Crippen LogP contribution in [0.25, 0.3) is 11.2 Å². The topological polar surface area (TPSA) is 107 Å². The molecule has 0 unspecified atom stereocenters. The van der Waals surface area contributed by atoms with Crippen LogP contribution in [0.4, 0.5) is 5.95 Å². The van der Waals surface area contributed by atoms with Crippen molar-refractivity contribution in [2.24, 2.45) is 14.1 Å². The highest BCUT2D eigenvalue weighted by Crippen LogP contribution is 2.02. The van der Waals surface area contributed by atoms with E-state index in [1.54, 1.807) is 0 Å². The molecular formula is C11H17N7O2. The summed E-state index contributed by atoms with van der Waals surface area (Å²) < 4.78 is 2.25. The summed E-state index contributed by atoms with van der Waals surface area (Å²) in [6.07, 6.45) is 0.892. The molecule has 0 bridgehead atoms. The fourth-order valence-electron chi connectivity index (χ4n) is 1.79. The van der Waals surface area contributed by atoms with E-state index in [0.717, 1.165) is 17.5 Å². The van der Waals surface area contributed by atoms with Crippen LogP contribution >= 0.6 is 0 Å². The number of anilines is 1. The Morgan fingerprint density at radius 3 is 2.55 bits per heavy atom. The van der Waals surface area contributed by atoms with Crippen LogP contribution in [0.2, 0.25) is 0 Å². The lowest BCUT2D eigenvalue weighted by molar-refractivity contribution is 0.697. The summed E-state index contributed by atoms with van der Waals surface area (Å²) in [5.41, 5.74) is -0.621. The number of nitrogens with one attached hydrogen (secondary N) is 2. The van der Waals surface area contributed by atoms with Gasteiger partial charge in [-0.3, -0.25) is 13.9 Å². The lowest BCUT2D eigenvalue weighted by Crippen LogP contribution is -2.38. The Bertz CT molecular complexity index is 734. The van der Waals surface area contributed by atoms with Gasteiger partial charge in [-0.1, -0.05) is 0 Å². The molecule has 0 aliphatic heterocycles. The van der Waals surface area contributed by atoms with Gasteiger partial charge in [0, 0.05) is 20.6 Å². The van der Waals surface area contributed by atoms with Gasteiger partial charge in [0.1, 0.15) is 0 Å². The highest BCUT2D eigenvalue weighted by atomic mass is 16.2. The lowest BCUT2D eigenvalue weighted by Gasteiger charge is -2.07. The molecule has 0 spiro atoms. The van der Waals surface area contributed by atoms with Crippen molar-refractivity contribution in [2.45, 2.75) is 6.42 Å². The van der Waals surface area contributed by atoms with Gasteiger partial charge in [-0.25, -0.2) is 9.78 Å². The number of hydrogen-bond acceptors (Lipinski definition) is 7. The van der Waals surface area contributed by atoms with Crippen molar-refractivity contribution in [1.82, 2.24) is 29.6 Å². The minimum absolute atomic E-state index is 0.126. The Morgan fingerprint density at radius 2 is 1.85 bits per heavy atom. The summed E-state index contributed by atoms with van der Waals surface area (Å²) in [6, 6.07) is 0. The van der Waals surface area contributed by atoms with Crippen LogP contribution < -0.4 is 21.9 Å². The number of aryl methyl sites for hydroxylation is 1. The van der Waals surface area contributed by atoms with Gasteiger partial charge in [-0.2, -0.15) is 0 Å². The lowest BCUT2D eigenvalue weighted by atomic mass is 10.4. The van der Waals surface area contributed by atoms with Crippen LogP contribution in [-0.2, 0) is 14.1 Å². The normalized spacial score (nSPS) is 10.9. The number of fused-ring (bicyclic) bond motifs is 1. The van der Waals surface area contributed by atoms with E-state index in [1.807, 2.05) is 7.05 Å². The van der Waals surface area contributed by atoms with E-state index in [1.165, 1.54) is 18.7 Å². The van der Waals surface area contributed by atoms with Gasteiger partial charge in [0.25, 0.3) is 5.56 Å². The van der Waals surface area contributed by atoms with Crippen LogP contribution in [0.5, 0.6) is 0 Å². The van der Waals surface area contributed by atoms with Crippen LogP contribution in [0.3, 0.4) is 0 Å². The smallest absolute Gasteiger partial charge is 0.332 e. The van der Waals surface area contributed by atoms with Gasteiger partial charge in [0.2, 0.25) is 5.95 Å². The van der Waals surface area contributed by atoms with Gasteiger partial charge in [-0.05, 0) is 20.0 Å². The van der Waals surface area contributed by atoms with Crippen LogP contribution in [0.1, 0.15) is 6.42 Å². The summed E-state index contributed by atoms with van der Waals surface area (Å²) in [4.78, 5) is 27.9. The molecule has 2 aromatic rings. The highest BCUT2D eigenvalue weighted by molar-refractivity contribution is 5.69. The zero-order valence-electron chi connectivity index (χ0n) is 11.7. The third-order valence-electron chi connectivity index (χ3n) is 2.95. The first kappa shape index (κ1) is 14.1. The second kappa shape index (κ2) is 5.78. The molecule has 0 saturated carbocycles. The zero-order valence-corrected chi connectivity index (χ0v) is 11.7. The van der Waals surface area contributed by atoms with Crippen molar-refractivity contribution >= 4 is 17.1 Å². The minimum Gasteiger partial charge on any atom is -0.353 e. The van der Waals surface area contributed by atoms with E-state index in [4.69, 9.17) is 0 Å². The molecule has 2 N–H and O–H groups in total. The largest absolute Gasteiger partial charge is 0.353 e. The molecule has 20 heavy (non-hydrogen) atoms. The number of hydrogen-bond donors (Lipinski definition) is 2. The monoisotopic (exact) mass is 279 g/mol. The fraction of sp³-hybridized carbons (Fsp3) is 0.545. The standard InChI is InChI=1S/C11H17N7O2/c1-12-5-4-6-13-10-14-7-8(15-16-10)17(2)11(20)18(3)9(7)19/h12H,4-6H2,1-3H3,(H,13,14,16). The maximum atomic E-state index is 12.0. The van der Waals surface area contributed by atoms with Crippen LogP contribution in [-0.4, -0.2) is 44.5 Å². The maximum absolute atomic E-state index is 12.0. The summed E-state index contributed by atoms with van der Waals surface area (Å²) in [5, 5.41) is 13.8. The van der Waals surface area contributed by atoms with Gasteiger partial charge in [0.15, 0.2) is 11.2 Å². The quantitative estimate of drug-likeness (QED) is 0.638. The average molecular weight is 279 g/mol. The molecule has 2 aromatic heterocycles. The Balaban J connectivity index is 2.39. The summed E-state index contributed by atoms with van der Waals surface area (Å²) in [6.45, 7) is 1.53. The Labute approximate surface area is 114 Å². The number of nitrogens with zero attached hydrogens (tertiary/aromatic N) is 5. The molecule has 9 nitrogen and oxygen atoms in total. The summed E-state index contributed by atoms with van der Waals surface area (Å²) in [5.74, 6) is 0.282. The summed E-state index contributed by atoms with van der Waals surface area (Å²) in [7, 11) is 4.81. The van der Waals surface area contributed by atoms with Crippen molar-refractivity contribution in [3.05, 3.63) is 20.8 Å².